The van der Waals surface area contributed by atoms with Gasteiger partial charge in [0.25, 0.3) is 0 Å². The van der Waals surface area contributed by atoms with E-state index in [0.29, 0.717) is 38.8 Å². The third kappa shape index (κ3) is 5.89. The number of hydrogen-bond acceptors (Lipinski definition) is 9. The van der Waals surface area contributed by atoms with Crippen molar-refractivity contribution in [3.63, 3.8) is 0 Å². The summed E-state index contributed by atoms with van der Waals surface area (Å²) in [4.78, 5) is 31.3. The number of aromatic nitrogens is 2. The van der Waals surface area contributed by atoms with Gasteiger partial charge in [0, 0.05) is 68.0 Å². The number of benzene rings is 2. The van der Waals surface area contributed by atoms with Gasteiger partial charge in [-0.15, -0.1) is 0 Å². The minimum absolute atomic E-state index is 0.149. The Bertz CT molecular complexity index is 1640. The normalized spacial score (nSPS) is 22.8. The Kier molecular flexibility index (Phi) is 8.19. The van der Waals surface area contributed by atoms with E-state index in [-0.39, 0.29) is 24.1 Å². The standard InChI is InChI=1S/C35H41N7O3/c1-2-33(44)42-16-15-41(22-27(42)10-12-36)34-30-11-14-40(32-20-28(43)19-25-6-3-4-7-29(25)32)23-31(30)37-35(38-34)45-17-5-13-39-21-24-8-9-26(39)18-24/h2-4,6-7,19-20,24,26-27,43H,1,5,8-11,13-18,21-23H2/t24-,26+,27?/m0/s1. The van der Waals surface area contributed by atoms with Gasteiger partial charge < -0.3 is 24.5 Å². The minimum Gasteiger partial charge on any atom is -0.508 e. The van der Waals surface area contributed by atoms with Crippen molar-refractivity contribution in [3.05, 3.63) is 60.3 Å². The first-order valence-corrected chi connectivity index (χ1v) is 16.3. The zero-order valence-electron chi connectivity index (χ0n) is 25.8. The molecule has 7 rings (SSSR count). The second-order valence-corrected chi connectivity index (χ2v) is 12.8. The average Bonchev–Trinajstić information content (AvgIpc) is 3.69. The number of nitriles is 1. The van der Waals surface area contributed by atoms with E-state index in [2.05, 4.69) is 33.4 Å². The van der Waals surface area contributed by atoms with Crippen LogP contribution < -0.4 is 14.5 Å². The number of rotatable bonds is 9. The molecule has 2 bridgehead atoms. The van der Waals surface area contributed by atoms with Crippen LogP contribution in [-0.2, 0) is 17.8 Å². The highest BCUT2D eigenvalue weighted by Crippen LogP contribution is 2.38. The summed E-state index contributed by atoms with van der Waals surface area (Å²) in [5.41, 5.74) is 2.96. The van der Waals surface area contributed by atoms with Crippen LogP contribution in [0, 0.1) is 17.2 Å². The molecule has 4 heterocycles. The van der Waals surface area contributed by atoms with E-state index in [1.807, 2.05) is 24.3 Å². The number of piperidine rings is 1. The van der Waals surface area contributed by atoms with E-state index in [9.17, 15) is 15.2 Å². The topological polar surface area (TPSA) is 109 Å². The molecule has 234 valence electrons. The van der Waals surface area contributed by atoms with Crippen molar-refractivity contribution in [2.75, 3.05) is 55.7 Å². The Balaban J connectivity index is 1.15. The van der Waals surface area contributed by atoms with Crippen LogP contribution in [0.25, 0.3) is 10.8 Å². The van der Waals surface area contributed by atoms with Crippen molar-refractivity contribution in [3.8, 4) is 17.8 Å². The van der Waals surface area contributed by atoms with Gasteiger partial charge in [0.2, 0.25) is 5.91 Å². The fourth-order valence-electron chi connectivity index (χ4n) is 7.92. The van der Waals surface area contributed by atoms with E-state index < -0.39 is 0 Å². The Morgan fingerprint density at radius 3 is 2.82 bits per heavy atom. The van der Waals surface area contributed by atoms with Crippen molar-refractivity contribution in [1.29, 1.82) is 5.26 Å². The Labute approximate surface area is 264 Å². The molecule has 0 spiro atoms. The number of amides is 1. The lowest BCUT2D eigenvalue weighted by Crippen LogP contribution is -2.55. The summed E-state index contributed by atoms with van der Waals surface area (Å²) in [7, 11) is 0. The van der Waals surface area contributed by atoms with Crippen molar-refractivity contribution >= 4 is 28.2 Å². The zero-order valence-corrected chi connectivity index (χ0v) is 25.8. The van der Waals surface area contributed by atoms with Crippen molar-refractivity contribution in [1.82, 2.24) is 19.8 Å². The minimum atomic E-state index is -0.251. The molecule has 1 amide bonds. The van der Waals surface area contributed by atoms with Crippen molar-refractivity contribution in [2.24, 2.45) is 5.92 Å². The van der Waals surface area contributed by atoms with Gasteiger partial charge in [-0.25, -0.2) is 0 Å². The fraction of sp³-hybridized carbons (Fsp3) is 0.486. The number of anilines is 2. The maximum atomic E-state index is 12.6. The van der Waals surface area contributed by atoms with E-state index >= 15 is 0 Å². The molecule has 3 aliphatic heterocycles. The van der Waals surface area contributed by atoms with Gasteiger partial charge in [0.1, 0.15) is 11.6 Å². The quantitative estimate of drug-likeness (QED) is 0.282. The first-order valence-electron chi connectivity index (χ1n) is 16.3. The number of ether oxygens (including phenoxy) is 1. The molecule has 3 fully saturated rings. The number of piperazine rings is 1. The number of carbonyl (C=O) groups is 1. The SMILES string of the molecule is C=CC(=O)N1CCN(c2nc(OCCCN3C[C@H]4CC[C@@H]3C4)nc3c2CCN(c2cc(O)cc4ccccc24)C3)CC1CC#N. The third-order valence-electron chi connectivity index (χ3n) is 10.1. The largest absolute Gasteiger partial charge is 0.508 e. The van der Waals surface area contributed by atoms with Crippen molar-refractivity contribution in [2.45, 2.75) is 57.2 Å². The second-order valence-electron chi connectivity index (χ2n) is 12.8. The van der Waals surface area contributed by atoms with Gasteiger partial charge in [0.05, 0.1) is 37.4 Å². The number of phenolic OH excluding ortho intramolecular Hbond substituents is 1. The number of phenols is 1. The maximum Gasteiger partial charge on any atom is 0.318 e. The molecular weight excluding hydrogens is 566 g/mol. The molecule has 2 aromatic carbocycles. The van der Waals surface area contributed by atoms with Crippen LogP contribution in [0.15, 0.2) is 49.1 Å². The van der Waals surface area contributed by atoms with Gasteiger partial charge in [-0.05, 0) is 55.6 Å². The highest BCUT2D eigenvalue weighted by molar-refractivity contribution is 5.95. The van der Waals surface area contributed by atoms with Crippen LogP contribution in [0.2, 0.25) is 0 Å². The first-order chi connectivity index (χ1) is 22.0. The number of carbonyl (C=O) groups excluding carboxylic acids is 1. The average molecular weight is 608 g/mol. The molecule has 1 N–H and O–H groups in total. The number of aromatic hydroxyl groups is 1. The Morgan fingerprint density at radius 2 is 2.02 bits per heavy atom. The third-order valence-corrected chi connectivity index (χ3v) is 10.1. The van der Waals surface area contributed by atoms with Crippen LogP contribution in [0.5, 0.6) is 11.8 Å². The van der Waals surface area contributed by atoms with Gasteiger partial charge in [0.15, 0.2) is 0 Å². The fourth-order valence-corrected chi connectivity index (χ4v) is 7.92. The predicted molar refractivity (Wildman–Crippen MR) is 173 cm³/mol. The van der Waals surface area contributed by atoms with Gasteiger partial charge in [-0.1, -0.05) is 30.8 Å². The maximum absolute atomic E-state index is 12.6. The van der Waals surface area contributed by atoms with Gasteiger partial charge in [-0.3, -0.25) is 9.69 Å². The number of nitrogens with zero attached hydrogens (tertiary/aromatic N) is 7. The van der Waals surface area contributed by atoms with Crippen LogP contribution in [0.4, 0.5) is 11.5 Å². The van der Waals surface area contributed by atoms with Crippen LogP contribution in [0.3, 0.4) is 0 Å². The number of likely N-dealkylation sites (tertiary alicyclic amines) is 1. The second kappa shape index (κ2) is 12.6. The molecule has 3 atom stereocenters. The summed E-state index contributed by atoms with van der Waals surface area (Å²) in [6.07, 6.45) is 7.26. The first kappa shape index (κ1) is 29.4. The summed E-state index contributed by atoms with van der Waals surface area (Å²) >= 11 is 0. The monoisotopic (exact) mass is 607 g/mol. The van der Waals surface area contributed by atoms with E-state index in [1.54, 1.807) is 11.0 Å². The summed E-state index contributed by atoms with van der Waals surface area (Å²) in [6, 6.07) is 14.9. The van der Waals surface area contributed by atoms with E-state index in [4.69, 9.17) is 14.7 Å². The van der Waals surface area contributed by atoms with Gasteiger partial charge in [-0.2, -0.15) is 15.2 Å². The van der Waals surface area contributed by atoms with Crippen LogP contribution in [0.1, 0.15) is 43.4 Å². The Morgan fingerprint density at radius 1 is 1.13 bits per heavy atom. The molecule has 1 aromatic heterocycles. The predicted octanol–water partition coefficient (Wildman–Crippen LogP) is 4.27. The molecule has 2 saturated heterocycles. The van der Waals surface area contributed by atoms with Crippen molar-refractivity contribution < 1.29 is 14.6 Å². The summed E-state index contributed by atoms with van der Waals surface area (Å²) in [6.45, 7) is 9.35. The summed E-state index contributed by atoms with van der Waals surface area (Å²) in [5.74, 6) is 1.80. The highest BCUT2D eigenvalue weighted by atomic mass is 16.5. The van der Waals surface area contributed by atoms with E-state index in [1.165, 1.54) is 31.9 Å². The lowest BCUT2D eigenvalue weighted by Gasteiger charge is -2.42. The molecule has 1 saturated carbocycles. The number of hydrogen-bond donors (Lipinski definition) is 1. The molecular formula is C35H41N7O3. The summed E-state index contributed by atoms with van der Waals surface area (Å²) in [5, 5.41) is 22.2. The lowest BCUT2D eigenvalue weighted by molar-refractivity contribution is -0.128. The Hall–Kier alpha value is -4.36. The molecule has 3 aromatic rings. The number of fused-ring (bicyclic) bond motifs is 4. The van der Waals surface area contributed by atoms with Crippen LogP contribution in [-0.4, -0.2) is 88.7 Å². The molecule has 1 unspecified atom stereocenters. The molecule has 10 nitrogen and oxygen atoms in total. The smallest absolute Gasteiger partial charge is 0.318 e. The van der Waals surface area contributed by atoms with Gasteiger partial charge >= 0.3 is 6.01 Å². The van der Waals surface area contributed by atoms with Crippen LogP contribution >= 0.6 is 0 Å². The molecule has 10 heteroatoms. The molecule has 4 aliphatic rings. The summed E-state index contributed by atoms with van der Waals surface area (Å²) < 4.78 is 6.26. The zero-order chi connectivity index (χ0) is 30.9. The molecule has 45 heavy (non-hydrogen) atoms. The highest BCUT2D eigenvalue weighted by Gasteiger charge is 2.37. The molecule has 0 radical (unpaired) electrons. The van der Waals surface area contributed by atoms with E-state index in [0.717, 1.165) is 71.4 Å². The lowest BCUT2D eigenvalue weighted by atomic mass is 10.0. The molecule has 1 aliphatic carbocycles.